The minimum absolute atomic E-state index is 0.0306. The fraction of sp³-hybridized carbons (Fsp3) is 0.280. The van der Waals surface area contributed by atoms with Crippen LogP contribution in [0.25, 0.3) is 0 Å². The molecule has 8 nitrogen and oxygen atoms in total. The van der Waals surface area contributed by atoms with Crippen molar-refractivity contribution in [2.75, 3.05) is 16.8 Å². The van der Waals surface area contributed by atoms with Crippen LogP contribution in [0.4, 0.5) is 11.4 Å². The van der Waals surface area contributed by atoms with E-state index in [1.54, 1.807) is 41.3 Å². The average Bonchev–Trinajstić information content (AvgIpc) is 3.53. The van der Waals surface area contributed by atoms with E-state index in [1.165, 1.54) is 17.6 Å². The summed E-state index contributed by atoms with van der Waals surface area (Å²) < 4.78 is 5.12. The van der Waals surface area contributed by atoms with Crippen molar-refractivity contribution in [3.8, 4) is 0 Å². The van der Waals surface area contributed by atoms with Gasteiger partial charge in [-0.05, 0) is 54.8 Å². The van der Waals surface area contributed by atoms with Gasteiger partial charge in [-0.25, -0.2) is 0 Å². The highest BCUT2D eigenvalue weighted by Gasteiger charge is 2.25. The lowest BCUT2D eigenvalue weighted by atomic mass is 9.99. The van der Waals surface area contributed by atoms with Crippen molar-refractivity contribution in [2.45, 2.75) is 33.2 Å². The summed E-state index contributed by atoms with van der Waals surface area (Å²) in [4.78, 5) is 52.6. The van der Waals surface area contributed by atoms with Crippen molar-refractivity contribution < 1.29 is 23.6 Å². The first-order valence-electron chi connectivity index (χ1n) is 11.0. The largest absolute Gasteiger partial charge is 0.461 e. The Bertz CT molecular complexity index is 1230. The van der Waals surface area contributed by atoms with Gasteiger partial charge in [0, 0.05) is 28.7 Å². The summed E-state index contributed by atoms with van der Waals surface area (Å²) in [6.07, 6.45) is 3.18. The van der Waals surface area contributed by atoms with Gasteiger partial charge in [0.15, 0.2) is 5.76 Å². The molecule has 0 fully saturated rings. The third kappa shape index (κ3) is 5.09. The SMILES string of the molecule is CC(C)C(=O)N1CCCc2ccc(NC(=O)C(=O)NCc3ccc(C(=O)c4ccco4)s3)cc21. The minimum Gasteiger partial charge on any atom is -0.461 e. The first kappa shape index (κ1) is 23.4. The van der Waals surface area contributed by atoms with Crippen LogP contribution >= 0.6 is 11.3 Å². The van der Waals surface area contributed by atoms with Gasteiger partial charge in [0.05, 0.1) is 17.7 Å². The van der Waals surface area contributed by atoms with E-state index in [2.05, 4.69) is 10.6 Å². The number of amides is 3. The zero-order valence-electron chi connectivity index (χ0n) is 18.9. The molecule has 34 heavy (non-hydrogen) atoms. The van der Waals surface area contributed by atoms with E-state index < -0.39 is 11.8 Å². The smallest absolute Gasteiger partial charge is 0.313 e. The van der Waals surface area contributed by atoms with E-state index in [9.17, 15) is 19.2 Å². The molecule has 3 aromatic rings. The Morgan fingerprint density at radius 3 is 2.65 bits per heavy atom. The molecule has 0 atom stereocenters. The standard InChI is InChI=1S/C25H25N3O5S/c1-15(2)25(32)28-11-3-5-16-7-8-17(13-19(16)28)27-24(31)23(30)26-14-18-9-10-21(34-18)22(29)20-6-4-12-33-20/h4,6-10,12-13,15H,3,5,11,14H2,1-2H3,(H,26,30)(H,27,31). The second-order valence-corrected chi connectivity index (χ2v) is 9.47. The predicted octanol–water partition coefficient (Wildman–Crippen LogP) is 3.76. The molecule has 1 aliphatic heterocycles. The Kier molecular flexibility index (Phi) is 6.93. The number of anilines is 2. The van der Waals surface area contributed by atoms with Crippen molar-refractivity contribution in [1.82, 2.24) is 5.32 Å². The lowest BCUT2D eigenvalue weighted by molar-refractivity contribution is -0.136. The van der Waals surface area contributed by atoms with Gasteiger partial charge in [-0.1, -0.05) is 19.9 Å². The van der Waals surface area contributed by atoms with Crippen LogP contribution in [0.1, 0.15) is 46.1 Å². The molecule has 0 spiro atoms. The van der Waals surface area contributed by atoms with Gasteiger partial charge < -0.3 is 20.0 Å². The van der Waals surface area contributed by atoms with Crippen LogP contribution in [0, 0.1) is 5.92 Å². The fourth-order valence-corrected chi connectivity index (χ4v) is 4.64. The van der Waals surface area contributed by atoms with Gasteiger partial charge in [0.2, 0.25) is 11.7 Å². The van der Waals surface area contributed by atoms with Crippen LogP contribution in [0.3, 0.4) is 0 Å². The van der Waals surface area contributed by atoms with Crippen LogP contribution in [0.2, 0.25) is 0 Å². The number of benzene rings is 1. The van der Waals surface area contributed by atoms with E-state index in [0.717, 1.165) is 29.0 Å². The second-order valence-electron chi connectivity index (χ2n) is 8.30. The van der Waals surface area contributed by atoms with E-state index in [1.807, 2.05) is 19.9 Å². The van der Waals surface area contributed by atoms with E-state index >= 15 is 0 Å². The summed E-state index contributed by atoms with van der Waals surface area (Å²) in [6, 6.07) is 12.0. The molecule has 2 aromatic heterocycles. The van der Waals surface area contributed by atoms with Crippen molar-refractivity contribution in [3.05, 3.63) is 69.8 Å². The molecule has 0 unspecified atom stereocenters. The second kappa shape index (κ2) is 10.0. The van der Waals surface area contributed by atoms with Crippen LogP contribution < -0.4 is 15.5 Å². The summed E-state index contributed by atoms with van der Waals surface area (Å²) >= 11 is 1.22. The molecule has 176 valence electrons. The maximum atomic E-state index is 12.6. The fourth-order valence-electron chi connectivity index (χ4n) is 3.75. The number of thiophene rings is 1. The highest BCUT2D eigenvalue weighted by Crippen LogP contribution is 2.31. The molecule has 0 saturated heterocycles. The van der Waals surface area contributed by atoms with Gasteiger partial charge in [-0.3, -0.25) is 19.2 Å². The number of carbonyl (C=O) groups is 4. The highest BCUT2D eigenvalue weighted by atomic mass is 32.1. The lowest BCUT2D eigenvalue weighted by Crippen LogP contribution is -2.38. The monoisotopic (exact) mass is 479 g/mol. The summed E-state index contributed by atoms with van der Waals surface area (Å²) in [5, 5.41) is 5.18. The summed E-state index contributed by atoms with van der Waals surface area (Å²) in [6.45, 7) is 4.46. The topological polar surface area (TPSA) is 109 Å². The van der Waals surface area contributed by atoms with Crippen LogP contribution in [0.15, 0.2) is 53.1 Å². The number of furan rings is 1. The molecule has 0 saturated carbocycles. The maximum absolute atomic E-state index is 12.6. The Labute approximate surface area is 200 Å². The average molecular weight is 480 g/mol. The molecule has 3 heterocycles. The number of nitrogens with one attached hydrogen (secondary N) is 2. The first-order valence-corrected chi connectivity index (χ1v) is 11.9. The van der Waals surface area contributed by atoms with Gasteiger partial charge in [0.1, 0.15) is 0 Å². The Morgan fingerprint density at radius 2 is 1.91 bits per heavy atom. The molecule has 0 bridgehead atoms. The molecule has 1 aliphatic rings. The van der Waals surface area contributed by atoms with Crippen LogP contribution in [-0.2, 0) is 27.3 Å². The number of ketones is 1. The zero-order valence-corrected chi connectivity index (χ0v) is 19.7. The maximum Gasteiger partial charge on any atom is 0.313 e. The number of carbonyl (C=O) groups excluding carboxylic acids is 4. The molecular formula is C25H25N3O5S. The number of hydrogen-bond donors (Lipinski definition) is 2. The number of rotatable bonds is 6. The molecule has 4 rings (SSSR count). The molecule has 3 amide bonds. The highest BCUT2D eigenvalue weighted by molar-refractivity contribution is 7.14. The number of fused-ring (bicyclic) bond motifs is 1. The van der Waals surface area contributed by atoms with Crippen LogP contribution in [-0.4, -0.2) is 30.0 Å². The van der Waals surface area contributed by atoms with Gasteiger partial charge in [-0.2, -0.15) is 0 Å². The summed E-state index contributed by atoms with van der Waals surface area (Å²) in [7, 11) is 0. The Balaban J connectivity index is 1.36. The molecule has 9 heteroatoms. The first-order chi connectivity index (χ1) is 16.3. The van der Waals surface area contributed by atoms with E-state index in [4.69, 9.17) is 4.42 Å². The van der Waals surface area contributed by atoms with Gasteiger partial charge in [0.25, 0.3) is 0 Å². The van der Waals surface area contributed by atoms with Crippen molar-refractivity contribution in [3.63, 3.8) is 0 Å². The normalized spacial score (nSPS) is 12.9. The van der Waals surface area contributed by atoms with Crippen LogP contribution in [0.5, 0.6) is 0 Å². The molecule has 0 aliphatic carbocycles. The summed E-state index contributed by atoms with van der Waals surface area (Å²) in [5.74, 6) is -1.69. The number of nitrogens with zero attached hydrogens (tertiary/aromatic N) is 1. The van der Waals surface area contributed by atoms with E-state index in [0.29, 0.717) is 17.1 Å². The van der Waals surface area contributed by atoms with Gasteiger partial charge >= 0.3 is 11.8 Å². The number of aryl methyl sites for hydroxylation is 1. The Morgan fingerprint density at radius 1 is 1.09 bits per heavy atom. The van der Waals surface area contributed by atoms with Crippen molar-refractivity contribution >= 4 is 46.2 Å². The minimum atomic E-state index is -0.805. The Hall–Kier alpha value is -3.72. The molecule has 2 N–H and O–H groups in total. The molecule has 0 radical (unpaired) electrons. The number of hydrogen-bond acceptors (Lipinski definition) is 6. The van der Waals surface area contributed by atoms with Crippen molar-refractivity contribution in [2.24, 2.45) is 5.92 Å². The van der Waals surface area contributed by atoms with Gasteiger partial charge in [-0.15, -0.1) is 11.3 Å². The predicted molar refractivity (Wildman–Crippen MR) is 129 cm³/mol. The zero-order chi connectivity index (χ0) is 24.2. The quantitative estimate of drug-likeness (QED) is 0.413. The van der Waals surface area contributed by atoms with Crippen molar-refractivity contribution in [1.29, 1.82) is 0 Å². The molecular weight excluding hydrogens is 454 g/mol. The summed E-state index contributed by atoms with van der Waals surface area (Å²) in [5.41, 5.74) is 2.26. The third-order valence-corrected chi connectivity index (χ3v) is 6.57. The third-order valence-electron chi connectivity index (χ3n) is 5.48. The van der Waals surface area contributed by atoms with E-state index in [-0.39, 0.29) is 29.9 Å². The molecule has 1 aromatic carbocycles. The lowest BCUT2D eigenvalue weighted by Gasteiger charge is -2.31.